The molecule has 1 aromatic carbocycles. The molecule has 7 heteroatoms. The molecule has 6 nitrogen and oxygen atoms in total. The Balaban J connectivity index is 1.52. The monoisotopic (exact) mass is 338 g/mol. The summed E-state index contributed by atoms with van der Waals surface area (Å²) >= 11 is 0. The minimum atomic E-state index is -0.823. The molecule has 0 bridgehead atoms. The number of nitrogens with zero attached hydrogens (tertiary/aromatic N) is 2. The van der Waals surface area contributed by atoms with Crippen molar-refractivity contribution in [3.05, 3.63) is 35.5 Å². The zero-order valence-corrected chi connectivity index (χ0v) is 14.5. The van der Waals surface area contributed by atoms with Gasteiger partial charge in [0.2, 0.25) is 5.95 Å². The van der Waals surface area contributed by atoms with Crippen molar-refractivity contribution >= 4 is 30.0 Å². The van der Waals surface area contributed by atoms with E-state index < -0.39 is 7.12 Å². The second-order valence-corrected chi connectivity index (χ2v) is 6.86. The average molecular weight is 338 g/mol. The second-order valence-electron chi connectivity index (χ2n) is 6.86. The summed E-state index contributed by atoms with van der Waals surface area (Å²) in [5.41, 5.74) is 3.91. The molecule has 1 saturated carbocycles. The van der Waals surface area contributed by atoms with Crippen LogP contribution in [0.3, 0.4) is 0 Å². The highest BCUT2D eigenvalue weighted by Crippen LogP contribution is 2.24. The standard InChI is InChI=1S/C18H23BN4O2/c1-12-11-20-18(23-17(12)21-14-4-2-3-5-14)22-15-6-7-16-13(10-15)8-9-25-19(16)24/h6-7,10-11,14,24H,2-5,8-9H2,1H3,(H2,20,21,22,23). The van der Waals surface area contributed by atoms with Gasteiger partial charge in [-0.2, -0.15) is 4.98 Å². The number of hydrogen-bond acceptors (Lipinski definition) is 6. The Hall–Kier alpha value is -2.12. The molecule has 130 valence electrons. The molecule has 1 aliphatic heterocycles. The lowest BCUT2D eigenvalue weighted by Gasteiger charge is -2.20. The summed E-state index contributed by atoms with van der Waals surface area (Å²) in [6, 6.07) is 6.37. The number of aryl methyl sites for hydroxylation is 1. The highest BCUT2D eigenvalue weighted by molar-refractivity contribution is 6.60. The summed E-state index contributed by atoms with van der Waals surface area (Å²) in [5.74, 6) is 1.49. The van der Waals surface area contributed by atoms with Crippen LogP contribution in [0.5, 0.6) is 0 Å². The van der Waals surface area contributed by atoms with Gasteiger partial charge in [-0.05, 0) is 49.3 Å². The van der Waals surface area contributed by atoms with E-state index in [-0.39, 0.29) is 0 Å². The molecule has 0 unspecified atom stereocenters. The second kappa shape index (κ2) is 7.02. The lowest BCUT2D eigenvalue weighted by Crippen LogP contribution is -2.41. The molecular formula is C18H23BN4O2. The van der Waals surface area contributed by atoms with Gasteiger partial charge in [-0.25, -0.2) is 4.98 Å². The molecule has 0 atom stereocenters. The normalized spacial score (nSPS) is 17.4. The Morgan fingerprint density at radius 3 is 2.96 bits per heavy atom. The molecule has 1 aromatic heterocycles. The summed E-state index contributed by atoms with van der Waals surface area (Å²) < 4.78 is 5.26. The van der Waals surface area contributed by atoms with Crippen molar-refractivity contribution < 1.29 is 9.68 Å². The molecule has 25 heavy (non-hydrogen) atoms. The fraction of sp³-hybridized carbons (Fsp3) is 0.444. The zero-order valence-electron chi connectivity index (χ0n) is 14.5. The zero-order chi connectivity index (χ0) is 17.2. The predicted molar refractivity (Wildman–Crippen MR) is 99.6 cm³/mol. The number of benzene rings is 1. The third-order valence-corrected chi connectivity index (χ3v) is 4.98. The predicted octanol–water partition coefficient (Wildman–Crippen LogP) is 2.14. The van der Waals surface area contributed by atoms with E-state index in [1.54, 1.807) is 0 Å². The van der Waals surface area contributed by atoms with Gasteiger partial charge < -0.3 is 20.3 Å². The Bertz CT molecular complexity index is 765. The molecule has 1 fully saturated rings. The van der Waals surface area contributed by atoms with Crippen molar-refractivity contribution in [3.8, 4) is 0 Å². The lowest BCUT2D eigenvalue weighted by molar-refractivity contribution is 0.266. The van der Waals surface area contributed by atoms with E-state index in [4.69, 9.17) is 4.65 Å². The Morgan fingerprint density at radius 2 is 2.12 bits per heavy atom. The molecule has 2 aromatic rings. The maximum absolute atomic E-state index is 9.87. The van der Waals surface area contributed by atoms with Crippen molar-refractivity contribution in [2.45, 2.75) is 45.1 Å². The maximum atomic E-state index is 9.87. The first-order valence-electron chi connectivity index (χ1n) is 8.99. The molecule has 0 saturated heterocycles. The Kier molecular flexibility index (Phi) is 4.59. The number of nitrogens with one attached hydrogen (secondary N) is 2. The van der Waals surface area contributed by atoms with Crippen LogP contribution in [0.4, 0.5) is 17.5 Å². The van der Waals surface area contributed by atoms with Gasteiger partial charge in [-0.15, -0.1) is 0 Å². The quantitative estimate of drug-likeness (QED) is 0.742. The lowest BCUT2D eigenvalue weighted by atomic mass is 9.73. The smallest absolute Gasteiger partial charge is 0.423 e. The summed E-state index contributed by atoms with van der Waals surface area (Å²) in [6.45, 7) is 2.56. The molecule has 1 aliphatic carbocycles. The van der Waals surface area contributed by atoms with E-state index >= 15 is 0 Å². The third-order valence-electron chi connectivity index (χ3n) is 4.98. The van der Waals surface area contributed by atoms with Crippen LogP contribution in [0.25, 0.3) is 0 Å². The topological polar surface area (TPSA) is 79.3 Å². The van der Waals surface area contributed by atoms with Crippen molar-refractivity contribution in [2.24, 2.45) is 0 Å². The fourth-order valence-corrected chi connectivity index (χ4v) is 3.55. The van der Waals surface area contributed by atoms with Crippen LogP contribution in [0, 0.1) is 6.92 Å². The van der Waals surface area contributed by atoms with Gasteiger partial charge >= 0.3 is 7.12 Å². The average Bonchev–Trinajstić information content (AvgIpc) is 3.11. The number of aromatic nitrogens is 2. The van der Waals surface area contributed by atoms with Crippen molar-refractivity contribution in [1.29, 1.82) is 0 Å². The number of anilines is 3. The van der Waals surface area contributed by atoms with E-state index in [9.17, 15) is 5.02 Å². The van der Waals surface area contributed by atoms with Gasteiger partial charge in [-0.1, -0.05) is 18.9 Å². The van der Waals surface area contributed by atoms with Gasteiger partial charge in [0.25, 0.3) is 0 Å². The Labute approximate surface area is 148 Å². The minimum Gasteiger partial charge on any atom is -0.423 e. The van der Waals surface area contributed by atoms with Crippen molar-refractivity contribution in [2.75, 3.05) is 17.2 Å². The van der Waals surface area contributed by atoms with Crippen LogP contribution < -0.4 is 16.1 Å². The first-order chi connectivity index (χ1) is 12.2. The van der Waals surface area contributed by atoms with Crippen LogP contribution in [-0.2, 0) is 11.1 Å². The highest BCUT2D eigenvalue weighted by atomic mass is 16.5. The summed E-state index contributed by atoms with van der Waals surface area (Å²) in [7, 11) is -0.823. The van der Waals surface area contributed by atoms with E-state index in [0.717, 1.165) is 34.5 Å². The summed E-state index contributed by atoms with van der Waals surface area (Å²) in [6.07, 6.45) is 7.64. The van der Waals surface area contributed by atoms with Crippen molar-refractivity contribution in [3.63, 3.8) is 0 Å². The molecule has 2 heterocycles. The SMILES string of the molecule is Cc1cnc(Nc2ccc3c(c2)CCOB3O)nc1NC1CCCC1. The van der Waals surface area contributed by atoms with Crippen LogP contribution in [0.2, 0.25) is 0 Å². The van der Waals surface area contributed by atoms with Gasteiger partial charge in [0.1, 0.15) is 5.82 Å². The highest BCUT2D eigenvalue weighted by Gasteiger charge is 2.24. The van der Waals surface area contributed by atoms with Gasteiger partial charge in [0.05, 0.1) is 0 Å². The molecule has 0 spiro atoms. The first-order valence-corrected chi connectivity index (χ1v) is 8.99. The summed E-state index contributed by atoms with van der Waals surface area (Å²) in [5, 5.41) is 16.7. The van der Waals surface area contributed by atoms with E-state index in [1.807, 2.05) is 31.3 Å². The van der Waals surface area contributed by atoms with E-state index in [2.05, 4.69) is 20.6 Å². The molecule has 4 rings (SSSR count). The van der Waals surface area contributed by atoms with Gasteiger partial charge in [-0.3, -0.25) is 0 Å². The van der Waals surface area contributed by atoms with E-state index in [0.29, 0.717) is 18.6 Å². The largest absolute Gasteiger partial charge is 0.491 e. The van der Waals surface area contributed by atoms with Crippen LogP contribution in [0.15, 0.2) is 24.4 Å². The number of hydrogen-bond donors (Lipinski definition) is 3. The number of fused-ring (bicyclic) bond motifs is 1. The van der Waals surface area contributed by atoms with Crippen LogP contribution in [0.1, 0.15) is 36.8 Å². The summed E-state index contributed by atoms with van der Waals surface area (Å²) in [4.78, 5) is 9.05. The molecule has 3 N–H and O–H groups in total. The van der Waals surface area contributed by atoms with E-state index in [1.165, 1.54) is 25.7 Å². The maximum Gasteiger partial charge on any atom is 0.491 e. The van der Waals surface area contributed by atoms with Crippen LogP contribution >= 0.6 is 0 Å². The minimum absolute atomic E-state index is 0.520. The fourth-order valence-electron chi connectivity index (χ4n) is 3.55. The molecule has 2 aliphatic rings. The third kappa shape index (κ3) is 3.62. The Morgan fingerprint density at radius 1 is 1.28 bits per heavy atom. The molecule has 0 radical (unpaired) electrons. The van der Waals surface area contributed by atoms with Crippen LogP contribution in [-0.4, -0.2) is 34.8 Å². The van der Waals surface area contributed by atoms with Crippen molar-refractivity contribution in [1.82, 2.24) is 9.97 Å². The molecular weight excluding hydrogens is 315 g/mol. The first kappa shape index (κ1) is 16.4. The molecule has 0 amide bonds. The van der Waals surface area contributed by atoms with Gasteiger partial charge in [0, 0.05) is 30.1 Å². The van der Waals surface area contributed by atoms with Gasteiger partial charge in [0.15, 0.2) is 0 Å². The number of rotatable bonds is 4.